The minimum absolute atomic E-state index is 0.119. The zero-order chi connectivity index (χ0) is 13.1. The first-order chi connectivity index (χ1) is 7.86. The monoisotopic (exact) mass is 264 g/mol. The molecule has 0 amide bonds. The Morgan fingerprint density at radius 2 is 1.88 bits per heavy atom. The first kappa shape index (κ1) is 14.4. The van der Waals surface area contributed by atoms with Gasteiger partial charge in [-0.1, -0.05) is 0 Å². The van der Waals surface area contributed by atoms with Crippen LogP contribution in [0.25, 0.3) is 0 Å². The molecule has 1 atom stereocenters. The van der Waals surface area contributed by atoms with E-state index < -0.39 is 21.2 Å². The fourth-order valence-electron chi connectivity index (χ4n) is 1.86. The number of nitrogens with two attached hydrogens (primary N) is 1. The molecule has 0 radical (unpaired) electrons. The molecule has 1 fully saturated rings. The molecule has 1 aliphatic carbocycles. The third-order valence-corrected chi connectivity index (χ3v) is 4.89. The average Bonchev–Trinajstić information content (AvgIpc) is 2.30. The second kappa shape index (κ2) is 5.79. The van der Waals surface area contributed by atoms with E-state index in [1.54, 1.807) is 0 Å². The summed E-state index contributed by atoms with van der Waals surface area (Å²) >= 11 is 0. The molecule has 6 nitrogen and oxygen atoms in total. The molecule has 0 spiro atoms. The van der Waals surface area contributed by atoms with Gasteiger partial charge in [0, 0.05) is 12.1 Å². The molecule has 0 saturated heterocycles. The Labute approximate surface area is 102 Å². The van der Waals surface area contributed by atoms with Crippen LogP contribution in [0.1, 0.15) is 32.6 Å². The van der Waals surface area contributed by atoms with Crippen LogP contribution < -0.4 is 10.5 Å². The number of sulfonamides is 1. The van der Waals surface area contributed by atoms with Crippen LogP contribution in [0.5, 0.6) is 0 Å². The highest BCUT2D eigenvalue weighted by molar-refractivity contribution is 7.90. The number of rotatable bonds is 4. The molecule has 17 heavy (non-hydrogen) atoms. The van der Waals surface area contributed by atoms with Crippen molar-refractivity contribution in [3.63, 3.8) is 0 Å². The maximum Gasteiger partial charge on any atom is 0.325 e. The fraction of sp³-hybridized carbons (Fsp3) is 0.900. The Morgan fingerprint density at radius 3 is 2.35 bits per heavy atom. The Kier molecular flexibility index (Phi) is 4.91. The van der Waals surface area contributed by atoms with Gasteiger partial charge >= 0.3 is 5.97 Å². The summed E-state index contributed by atoms with van der Waals surface area (Å²) in [6.45, 7) is 1.32. The van der Waals surface area contributed by atoms with Crippen molar-refractivity contribution in [3.8, 4) is 0 Å². The van der Waals surface area contributed by atoms with Crippen molar-refractivity contribution in [2.45, 2.75) is 49.9 Å². The lowest BCUT2D eigenvalue weighted by molar-refractivity contribution is -0.139. The summed E-state index contributed by atoms with van der Waals surface area (Å²) in [4.78, 5) is 11.2. The van der Waals surface area contributed by atoms with E-state index in [1.807, 2.05) is 0 Å². The second-order valence-electron chi connectivity index (χ2n) is 4.44. The van der Waals surface area contributed by atoms with Crippen molar-refractivity contribution in [2.24, 2.45) is 5.73 Å². The lowest BCUT2D eigenvalue weighted by Crippen LogP contribution is -2.45. The van der Waals surface area contributed by atoms with E-state index in [9.17, 15) is 13.2 Å². The first-order valence-corrected chi connectivity index (χ1v) is 7.26. The number of nitrogens with one attached hydrogen (secondary N) is 1. The summed E-state index contributed by atoms with van der Waals surface area (Å²) in [6, 6.07) is 0.0423. The van der Waals surface area contributed by atoms with Crippen LogP contribution in [0.3, 0.4) is 0 Å². The predicted molar refractivity (Wildman–Crippen MR) is 63.8 cm³/mol. The van der Waals surface area contributed by atoms with Crippen LogP contribution in [0.4, 0.5) is 0 Å². The molecular weight excluding hydrogens is 244 g/mol. The number of esters is 1. The molecule has 0 aromatic heterocycles. The lowest BCUT2D eigenvalue weighted by atomic mass is 9.93. The number of hydrogen-bond donors (Lipinski definition) is 2. The van der Waals surface area contributed by atoms with Gasteiger partial charge in [-0.3, -0.25) is 4.79 Å². The maximum atomic E-state index is 11.8. The largest absolute Gasteiger partial charge is 0.468 e. The van der Waals surface area contributed by atoms with Crippen molar-refractivity contribution < 1.29 is 17.9 Å². The molecule has 0 aliphatic heterocycles. The Hall–Kier alpha value is -0.660. The summed E-state index contributed by atoms with van der Waals surface area (Å²) in [5.74, 6) is -0.745. The molecule has 1 rings (SSSR count). The number of carbonyl (C=O) groups excluding carboxylic acids is 1. The van der Waals surface area contributed by atoms with E-state index in [4.69, 9.17) is 5.73 Å². The van der Waals surface area contributed by atoms with Gasteiger partial charge in [0.15, 0.2) is 5.25 Å². The van der Waals surface area contributed by atoms with E-state index in [2.05, 4.69) is 9.46 Å². The Morgan fingerprint density at radius 1 is 1.35 bits per heavy atom. The minimum Gasteiger partial charge on any atom is -0.468 e. The van der Waals surface area contributed by atoms with Crippen molar-refractivity contribution in [1.29, 1.82) is 0 Å². The summed E-state index contributed by atoms with van der Waals surface area (Å²) < 4.78 is 30.6. The van der Waals surface area contributed by atoms with E-state index >= 15 is 0 Å². The molecular formula is C10H20N2O4S. The molecule has 1 unspecified atom stereocenters. The predicted octanol–water partition coefficient (Wildman–Crippen LogP) is -0.263. The summed E-state index contributed by atoms with van der Waals surface area (Å²) in [7, 11) is -2.48. The highest BCUT2D eigenvalue weighted by Gasteiger charge is 2.32. The van der Waals surface area contributed by atoms with Gasteiger partial charge < -0.3 is 10.5 Å². The van der Waals surface area contributed by atoms with E-state index in [-0.39, 0.29) is 12.1 Å². The molecule has 0 aromatic carbocycles. The zero-order valence-corrected chi connectivity index (χ0v) is 11.0. The van der Waals surface area contributed by atoms with Gasteiger partial charge in [-0.2, -0.15) is 0 Å². The zero-order valence-electron chi connectivity index (χ0n) is 10.2. The molecule has 1 aliphatic rings. The van der Waals surface area contributed by atoms with E-state index in [0.29, 0.717) is 12.8 Å². The summed E-state index contributed by atoms with van der Waals surface area (Å²) in [6.07, 6.45) is 3.04. The molecule has 0 aromatic rings. The topological polar surface area (TPSA) is 98.5 Å². The van der Waals surface area contributed by atoms with Gasteiger partial charge in [-0.05, 0) is 32.6 Å². The van der Waals surface area contributed by atoms with Gasteiger partial charge in [0.05, 0.1) is 7.11 Å². The Balaban J connectivity index is 2.58. The van der Waals surface area contributed by atoms with Gasteiger partial charge in [0.2, 0.25) is 10.0 Å². The number of methoxy groups -OCH3 is 1. The van der Waals surface area contributed by atoms with Gasteiger partial charge in [-0.25, -0.2) is 13.1 Å². The van der Waals surface area contributed by atoms with Gasteiger partial charge in [-0.15, -0.1) is 0 Å². The molecule has 1 saturated carbocycles. The molecule has 3 N–H and O–H groups in total. The smallest absolute Gasteiger partial charge is 0.325 e. The van der Waals surface area contributed by atoms with Crippen LogP contribution in [0, 0.1) is 0 Å². The normalized spacial score (nSPS) is 27.5. The second-order valence-corrected chi connectivity index (χ2v) is 6.47. The van der Waals surface area contributed by atoms with Gasteiger partial charge in [0.25, 0.3) is 0 Å². The number of ether oxygens (including phenoxy) is 1. The maximum absolute atomic E-state index is 11.8. The molecule has 0 bridgehead atoms. The average molecular weight is 264 g/mol. The molecule has 0 heterocycles. The number of carbonyl (C=O) groups is 1. The third kappa shape index (κ3) is 3.93. The number of hydrogen-bond acceptors (Lipinski definition) is 5. The van der Waals surface area contributed by atoms with Crippen molar-refractivity contribution in [3.05, 3.63) is 0 Å². The quantitative estimate of drug-likeness (QED) is 0.681. The highest BCUT2D eigenvalue weighted by Crippen LogP contribution is 2.18. The van der Waals surface area contributed by atoms with Crippen LogP contribution in [0.15, 0.2) is 0 Å². The van der Waals surface area contributed by atoms with Crippen molar-refractivity contribution in [2.75, 3.05) is 7.11 Å². The molecule has 7 heteroatoms. The van der Waals surface area contributed by atoms with Crippen LogP contribution in [0.2, 0.25) is 0 Å². The van der Waals surface area contributed by atoms with Crippen LogP contribution >= 0.6 is 0 Å². The summed E-state index contributed by atoms with van der Waals surface area (Å²) in [5.41, 5.74) is 5.74. The third-order valence-electron chi connectivity index (χ3n) is 3.10. The summed E-state index contributed by atoms with van der Waals surface area (Å²) in [5, 5.41) is -1.18. The fourth-order valence-corrected chi connectivity index (χ4v) is 3.12. The van der Waals surface area contributed by atoms with Crippen LogP contribution in [-0.2, 0) is 19.6 Å². The molecule has 100 valence electrons. The Bertz CT molecular complexity index is 361. The van der Waals surface area contributed by atoms with E-state index in [1.165, 1.54) is 14.0 Å². The lowest BCUT2D eigenvalue weighted by Gasteiger charge is -2.27. The van der Waals surface area contributed by atoms with Crippen LogP contribution in [-0.4, -0.2) is 38.8 Å². The van der Waals surface area contributed by atoms with E-state index in [0.717, 1.165) is 12.8 Å². The van der Waals surface area contributed by atoms with Crippen molar-refractivity contribution >= 4 is 16.0 Å². The highest BCUT2D eigenvalue weighted by atomic mass is 32.2. The minimum atomic E-state index is -3.65. The van der Waals surface area contributed by atoms with Gasteiger partial charge in [0.1, 0.15) is 0 Å². The SMILES string of the molecule is COC(=O)C(C)S(=O)(=O)NC1CCC(N)CC1. The van der Waals surface area contributed by atoms with Crippen molar-refractivity contribution in [1.82, 2.24) is 4.72 Å². The first-order valence-electron chi connectivity index (χ1n) is 5.71. The standard InChI is InChI=1S/C10H20N2O4S/c1-7(10(13)16-2)17(14,15)12-9-5-3-8(11)4-6-9/h7-9,12H,3-6,11H2,1-2H3.